The lowest BCUT2D eigenvalue weighted by Crippen LogP contribution is -2.30. The highest BCUT2D eigenvalue weighted by Gasteiger charge is 2.06. The molecule has 0 spiro atoms. The molecule has 0 heterocycles. The summed E-state index contributed by atoms with van der Waals surface area (Å²) < 4.78 is 11.2. The van der Waals surface area contributed by atoms with E-state index in [9.17, 15) is 4.79 Å². The second kappa shape index (κ2) is 9.45. The molecule has 0 unspecified atom stereocenters. The lowest BCUT2D eigenvalue weighted by atomic mass is 10.2. The lowest BCUT2D eigenvalue weighted by molar-refractivity contribution is 0.250. The monoisotopic (exact) mass is 328 g/mol. The summed E-state index contributed by atoms with van der Waals surface area (Å²) in [7, 11) is 0. The Morgan fingerprint density at radius 2 is 1.71 bits per heavy atom. The van der Waals surface area contributed by atoms with Gasteiger partial charge in [-0.3, -0.25) is 0 Å². The molecule has 2 N–H and O–H groups in total. The molecule has 2 aromatic carbocycles. The molecular weight excluding hydrogens is 304 g/mol. The molecule has 0 aliphatic rings. The number of ether oxygens (including phenoxy) is 2. The number of hydrogen-bond acceptors (Lipinski definition) is 3. The van der Waals surface area contributed by atoms with Gasteiger partial charge in [0.2, 0.25) is 0 Å². The molecule has 5 heteroatoms. The summed E-state index contributed by atoms with van der Waals surface area (Å²) in [6.07, 6.45) is 0.731. The number of urea groups is 1. The Balaban J connectivity index is 1.69. The van der Waals surface area contributed by atoms with Crippen molar-refractivity contribution in [2.24, 2.45) is 0 Å². The van der Waals surface area contributed by atoms with Crippen LogP contribution in [0, 0.1) is 6.92 Å². The van der Waals surface area contributed by atoms with Gasteiger partial charge in [-0.15, -0.1) is 0 Å². The van der Waals surface area contributed by atoms with Crippen LogP contribution in [0.2, 0.25) is 0 Å². The van der Waals surface area contributed by atoms with Crippen molar-refractivity contribution in [3.63, 3.8) is 0 Å². The first kappa shape index (κ1) is 17.7. The average Bonchev–Trinajstić information content (AvgIpc) is 2.58. The van der Waals surface area contributed by atoms with Crippen LogP contribution >= 0.6 is 0 Å². The minimum Gasteiger partial charge on any atom is -0.493 e. The zero-order valence-corrected chi connectivity index (χ0v) is 14.2. The summed E-state index contributed by atoms with van der Waals surface area (Å²) in [6.45, 7) is 5.56. The standard InChI is InChI=1S/C19H24N2O3/c1-3-23-18-12-7-5-10-16(18)21-19(22)20-13-8-14-24-17-11-6-4-9-15(17)2/h4-7,9-12H,3,8,13-14H2,1-2H3,(H2,20,21,22). The second-order valence-electron chi connectivity index (χ2n) is 5.28. The van der Waals surface area contributed by atoms with E-state index in [4.69, 9.17) is 9.47 Å². The van der Waals surface area contributed by atoms with Gasteiger partial charge in [-0.25, -0.2) is 4.79 Å². The number of rotatable bonds is 8. The zero-order valence-electron chi connectivity index (χ0n) is 14.2. The molecule has 128 valence electrons. The molecule has 0 aliphatic heterocycles. The van der Waals surface area contributed by atoms with Gasteiger partial charge in [0.05, 0.1) is 18.9 Å². The zero-order chi connectivity index (χ0) is 17.2. The van der Waals surface area contributed by atoms with E-state index in [1.165, 1.54) is 0 Å². The minimum absolute atomic E-state index is 0.252. The van der Waals surface area contributed by atoms with Gasteiger partial charge in [-0.2, -0.15) is 0 Å². The molecule has 2 amide bonds. The van der Waals surface area contributed by atoms with E-state index < -0.39 is 0 Å². The molecule has 0 atom stereocenters. The van der Waals surface area contributed by atoms with Crippen LogP contribution in [0.1, 0.15) is 18.9 Å². The van der Waals surface area contributed by atoms with Crippen LogP contribution < -0.4 is 20.1 Å². The summed E-state index contributed by atoms with van der Waals surface area (Å²) >= 11 is 0. The molecule has 0 radical (unpaired) electrons. The van der Waals surface area contributed by atoms with Crippen molar-refractivity contribution in [2.45, 2.75) is 20.3 Å². The highest BCUT2D eigenvalue weighted by molar-refractivity contribution is 5.90. The van der Waals surface area contributed by atoms with E-state index in [1.54, 1.807) is 0 Å². The van der Waals surface area contributed by atoms with Gasteiger partial charge in [0.1, 0.15) is 11.5 Å². The molecule has 24 heavy (non-hydrogen) atoms. The van der Waals surface area contributed by atoms with E-state index in [1.807, 2.05) is 62.4 Å². The van der Waals surface area contributed by atoms with Crippen molar-refractivity contribution in [2.75, 3.05) is 25.1 Å². The van der Waals surface area contributed by atoms with Gasteiger partial charge in [0.15, 0.2) is 0 Å². The van der Waals surface area contributed by atoms with Gasteiger partial charge < -0.3 is 20.1 Å². The fourth-order valence-corrected chi connectivity index (χ4v) is 2.19. The van der Waals surface area contributed by atoms with E-state index in [0.29, 0.717) is 31.2 Å². The molecule has 0 saturated heterocycles. The highest BCUT2D eigenvalue weighted by atomic mass is 16.5. The Morgan fingerprint density at radius 3 is 2.46 bits per heavy atom. The molecule has 0 fully saturated rings. The van der Waals surface area contributed by atoms with Gasteiger partial charge in [-0.1, -0.05) is 30.3 Å². The number of amides is 2. The number of hydrogen-bond donors (Lipinski definition) is 2. The fourth-order valence-electron chi connectivity index (χ4n) is 2.19. The maximum absolute atomic E-state index is 11.9. The Bertz CT molecular complexity index is 659. The average molecular weight is 328 g/mol. The topological polar surface area (TPSA) is 59.6 Å². The third-order valence-corrected chi connectivity index (χ3v) is 3.39. The third-order valence-electron chi connectivity index (χ3n) is 3.39. The summed E-state index contributed by atoms with van der Waals surface area (Å²) in [5, 5.41) is 5.61. The molecular formula is C19H24N2O3. The van der Waals surface area contributed by atoms with Gasteiger partial charge >= 0.3 is 6.03 Å². The maximum Gasteiger partial charge on any atom is 0.319 e. The van der Waals surface area contributed by atoms with Crippen LogP contribution in [0.15, 0.2) is 48.5 Å². The third kappa shape index (κ3) is 5.50. The molecule has 2 rings (SSSR count). The van der Waals surface area contributed by atoms with Crippen LogP contribution in [-0.4, -0.2) is 25.8 Å². The van der Waals surface area contributed by atoms with Crippen LogP contribution in [0.4, 0.5) is 10.5 Å². The van der Waals surface area contributed by atoms with Crippen molar-refractivity contribution >= 4 is 11.7 Å². The summed E-state index contributed by atoms with van der Waals surface area (Å²) in [4.78, 5) is 11.9. The molecule has 0 saturated carbocycles. The predicted octanol–water partition coefficient (Wildman–Crippen LogP) is 3.98. The number of carbonyl (C=O) groups excluding carboxylic acids is 1. The summed E-state index contributed by atoms with van der Waals surface area (Å²) in [5.41, 5.74) is 1.77. The number of benzene rings is 2. The number of aryl methyl sites for hydroxylation is 1. The Hall–Kier alpha value is -2.69. The minimum atomic E-state index is -0.252. The fraction of sp³-hybridized carbons (Fsp3) is 0.316. The molecule has 5 nitrogen and oxygen atoms in total. The van der Waals surface area contributed by atoms with Crippen molar-refractivity contribution in [1.29, 1.82) is 0 Å². The molecule has 2 aromatic rings. The maximum atomic E-state index is 11.9. The van der Waals surface area contributed by atoms with Gasteiger partial charge in [0, 0.05) is 6.54 Å². The first-order chi connectivity index (χ1) is 11.7. The predicted molar refractivity (Wildman–Crippen MR) is 95.9 cm³/mol. The molecule has 0 bridgehead atoms. The van der Waals surface area contributed by atoms with E-state index >= 15 is 0 Å². The second-order valence-corrected chi connectivity index (χ2v) is 5.28. The first-order valence-corrected chi connectivity index (χ1v) is 8.16. The lowest BCUT2D eigenvalue weighted by Gasteiger charge is -2.12. The number of anilines is 1. The Kier molecular flexibility index (Phi) is 6.95. The SMILES string of the molecule is CCOc1ccccc1NC(=O)NCCCOc1ccccc1C. The van der Waals surface area contributed by atoms with Crippen molar-refractivity contribution < 1.29 is 14.3 Å². The normalized spacial score (nSPS) is 10.1. The summed E-state index contributed by atoms with van der Waals surface area (Å²) in [6, 6.07) is 15.0. The van der Waals surface area contributed by atoms with Gasteiger partial charge in [-0.05, 0) is 44.0 Å². The van der Waals surface area contributed by atoms with Gasteiger partial charge in [0.25, 0.3) is 0 Å². The number of para-hydroxylation sites is 3. The Labute approximate surface area is 143 Å². The van der Waals surface area contributed by atoms with Crippen LogP contribution in [-0.2, 0) is 0 Å². The van der Waals surface area contributed by atoms with Crippen molar-refractivity contribution in [3.05, 3.63) is 54.1 Å². The number of carbonyl (C=O) groups is 1. The smallest absolute Gasteiger partial charge is 0.319 e. The summed E-state index contributed by atoms with van der Waals surface area (Å²) in [5.74, 6) is 1.55. The van der Waals surface area contributed by atoms with Crippen molar-refractivity contribution in [3.8, 4) is 11.5 Å². The largest absolute Gasteiger partial charge is 0.493 e. The first-order valence-electron chi connectivity index (χ1n) is 8.16. The van der Waals surface area contributed by atoms with E-state index in [0.717, 1.165) is 17.7 Å². The van der Waals surface area contributed by atoms with Crippen LogP contribution in [0.25, 0.3) is 0 Å². The van der Waals surface area contributed by atoms with Crippen LogP contribution in [0.5, 0.6) is 11.5 Å². The quantitative estimate of drug-likeness (QED) is 0.721. The molecule has 0 aromatic heterocycles. The van der Waals surface area contributed by atoms with E-state index in [2.05, 4.69) is 10.6 Å². The molecule has 0 aliphatic carbocycles. The number of nitrogens with one attached hydrogen (secondary N) is 2. The Morgan fingerprint density at radius 1 is 1.00 bits per heavy atom. The van der Waals surface area contributed by atoms with Crippen molar-refractivity contribution in [1.82, 2.24) is 5.32 Å². The van der Waals surface area contributed by atoms with E-state index in [-0.39, 0.29) is 6.03 Å². The highest BCUT2D eigenvalue weighted by Crippen LogP contribution is 2.23. The van der Waals surface area contributed by atoms with Crippen LogP contribution in [0.3, 0.4) is 0 Å².